The van der Waals surface area contributed by atoms with Crippen molar-refractivity contribution in [1.82, 2.24) is 29.6 Å². The lowest BCUT2D eigenvalue weighted by atomic mass is 10.0. The molecular formula is C21H22FN7O2. The lowest BCUT2D eigenvalue weighted by Gasteiger charge is -2.23. The Labute approximate surface area is 178 Å². The van der Waals surface area contributed by atoms with Gasteiger partial charge in [-0.1, -0.05) is 0 Å². The van der Waals surface area contributed by atoms with E-state index in [0.717, 1.165) is 25.5 Å². The number of aromatic nitrogens is 5. The number of carbonyl (C=O) groups excluding carboxylic acids is 1. The van der Waals surface area contributed by atoms with E-state index < -0.39 is 0 Å². The zero-order chi connectivity index (χ0) is 22.0. The minimum absolute atomic E-state index is 0.0841. The summed E-state index contributed by atoms with van der Waals surface area (Å²) in [5.41, 5.74) is 7.75. The van der Waals surface area contributed by atoms with Gasteiger partial charge in [0.05, 0.1) is 24.5 Å². The maximum absolute atomic E-state index is 13.1. The fourth-order valence-corrected chi connectivity index (χ4v) is 3.29. The molecule has 9 nitrogen and oxygen atoms in total. The van der Waals surface area contributed by atoms with E-state index >= 15 is 0 Å². The van der Waals surface area contributed by atoms with E-state index in [9.17, 15) is 9.18 Å². The van der Waals surface area contributed by atoms with Gasteiger partial charge in [-0.15, -0.1) is 10.2 Å². The normalized spacial score (nSPS) is 14.7. The van der Waals surface area contributed by atoms with E-state index in [1.54, 1.807) is 6.20 Å². The summed E-state index contributed by atoms with van der Waals surface area (Å²) in [6.07, 6.45) is 3.03. The highest BCUT2D eigenvalue weighted by Gasteiger charge is 2.20. The molecule has 0 saturated heterocycles. The Morgan fingerprint density at radius 3 is 2.61 bits per heavy atom. The van der Waals surface area contributed by atoms with Crippen LogP contribution in [0.1, 0.15) is 18.3 Å². The van der Waals surface area contributed by atoms with Crippen molar-refractivity contribution < 1.29 is 13.9 Å². The smallest absolute Gasteiger partial charge is 0.232 e. The van der Waals surface area contributed by atoms with E-state index in [4.69, 9.17) is 10.5 Å². The molecule has 3 heterocycles. The van der Waals surface area contributed by atoms with Gasteiger partial charge >= 0.3 is 0 Å². The second kappa shape index (κ2) is 8.60. The second-order valence-corrected chi connectivity index (χ2v) is 7.31. The minimum Gasteiger partial charge on any atom is -0.471 e. The van der Waals surface area contributed by atoms with Crippen molar-refractivity contribution in [3.05, 3.63) is 59.4 Å². The number of benzene rings is 1. The van der Waals surface area contributed by atoms with Crippen LogP contribution in [0.5, 0.6) is 5.88 Å². The summed E-state index contributed by atoms with van der Waals surface area (Å²) in [4.78, 5) is 22.9. The Hall–Kier alpha value is -3.66. The highest BCUT2D eigenvalue weighted by molar-refractivity contribution is 6.00. The van der Waals surface area contributed by atoms with Crippen molar-refractivity contribution in [2.24, 2.45) is 5.73 Å². The van der Waals surface area contributed by atoms with Crippen LogP contribution in [-0.2, 0) is 17.9 Å². The molecule has 0 unspecified atom stereocenters. The summed E-state index contributed by atoms with van der Waals surface area (Å²) in [6.45, 7) is 3.73. The largest absolute Gasteiger partial charge is 0.471 e. The predicted octanol–water partition coefficient (Wildman–Crippen LogP) is 1.66. The average Bonchev–Trinajstić information content (AvgIpc) is 3.17. The van der Waals surface area contributed by atoms with Crippen molar-refractivity contribution in [3.63, 3.8) is 0 Å². The van der Waals surface area contributed by atoms with Gasteiger partial charge in [-0.2, -0.15) is 0 Å². The molecule has 0 bridgehead atoms. The number of ether oxygens (including phenoxy) is 1. The molecule has 0 fully saturated rings. The van der Waals surface area contributed by atoms with Gasteiger partial charge in [0.2, 0.25) is 5.88 Å². The molecule has 4 rings (SSSR count). The monoisotopic (exact) mass is 423 g/mol. The maximum Gasteiger partial charge on any atom is 0.232 e. The number of nitrogens with zero attached hydrogens (tertiary/aromatic N) is 6. The quantitative estimate of drug-likeness (QED) is 0.596. The number of fused-ring (bicyclic) bond motifs is 1. The summed E-state index contributed by atoms with van der Waals surface area (Å²) >= 11 is 0. The molecule has 2 aromatic heterocycles. The number of hydrogen-bond donors (Lipinski definition) is 1. The molecule has 0 spiro atoms. The van der Waals surface area contributed by atoms with Crippen LogP contribution >= 0.6 is 0 Å². The van der Waals surface area contributed by atoms with E-state index in [2.05, 4.69) is 25.1 Å². The van der Waals surface area contributed by atoms with E-state index in [-0.39, 0.29) is 35.4 Å². The number of halogens is 1. The molecule has 1 aliphatic rings. The van der Waals surface area contributed by atoms with Crippen molar-refractivity contribution in [2.75, 3.05) is 20.2 Å². The summed E-state index contributed by atoms with van der Waals surface area (Å²) < 4.78 is 20.8. The first-order chi connectivity index (χ1) is 14.9. The van der Waals surface area contributed by atoms with Crippen molar-refractivity contribution in [1.29, 1.82) is 0 Å². The topological polar surface area (TPSA) is 112 Å². The lowest BCUT2D eigenvalue weighted by Crippen LogP contribution is -2.30. The number of ketones is 1. The summed E-state index contributed by atoms with van der Waals surface area (Å²) in [6, 6.07) is 5.59. The number of carbonyl (C=O) groups is 1. The Balaban J connectivity index is 1.49. The van der Waals surface area contributed by atoms with Crippen LogP contribution in [-0.4, -0.2) is 55.6 Å². The lowest BCUT2D eigenvalue weighted by molar-refractivity contribution is -0.113. The van der Waals surface area contributed by atoms with Crippen molar-refractivity contribution >= 4 is 11.5 Å². The molecule has 2 N–H and O–H groups in total. The second-order valence-electron chi connectivity index (χ2n) is 7.31. The number of Topliss-reactive ketones (excluding diaryl/α,β-unsaturated/α-hetero) is 1. The van der Waals surface area contributed by atoms with Crippen LogP contribution in [0.25, 0.3) is 17.2 Å². The van der Waals surface area contributed by atoms with Gasteiger partial charge < -0.3 is 15.0 Å². The Kier molecular flexibility index (Phi) is 5.72. The Morgan fingerprint density at radius 2 is 1.94 bits per heavy atom. The molecule has 0 saturated carbocycles. The third-order valence-electron chi connectivity index (χ3n) is 5.07. The van der Waals surface area contributed by atoms with Gasteiger partial charge in [-0.05, 0) is 43.8 Å². The molecular weight excluding hydrogens is 401 g/mol. The first-order valence-electron chi connectivity index (χ1n) is 9.73. The van der Waals surface area contributed by atoms with Gasteiger partial charge in [0, 0.05) is 18.8 Å². The molecule has 160 valence electrons. The summed E-state index contributed by atoms with van der Waals surface area (Å²) in [7, 11) is 2.04. The summed E-state index contributed by atoms with van der Waals surface area (Å²) in [5, 5.41) is 8.47. The van der Waals surface area contributed by atoms with Crippen molar-refractivity contribution in [2.45, 2.75) is 20.0 Å². The van der Waals surface area contributed by atoms with Gasteiger partial charge in [-0.25, -0.2) is 14.4 Å². The molecule has 10 heteroatoms. The standard InChI is InChI=1S/C21H22FN7O2/c1-13(30)16(20(23)14-3-5-15(22)6-4-14)12-31-19-10-24-17(9-25-19)21-27-26-18-11-28(2)7-8-29(18)21/h3-6,9-10H,7-8,11-12,23H2,1-2H3/b20-16-. The zero-order valence-corrected chi connectivity index (χ0v) is 17.2. The van der Waals surface area contributed by atoms with Gasteiger partial charge in [0.25, 0.3) is 0 Å². The molecule has 1 aromatic carbocycles. The third-order valence-corrected chi connectivity index (χ3v) is 5.07. The molecule has 1 aliphatic heterocycles. The van der Waals surface area contributed by atoms with E-state index in [0.29, 0.717) is 17.1 Å². The Morgan fingerprint density at radius 1 is 1.16 bits per heavy atom. The fraction of sp³-hybridized carbons (Fsp3) is 0.286. The van der Waals surface area contributed by atoms with E-state index in [1.165, 1.54) is 37.4 Å². The highest BCUT2D eigenvalue weighted by atomic mass is 19.1. The van der Waals surface area contributed by atoms with Gasteiger partial charge in [0.15, 0.2) is 11.6 Å². The molecule has 0 amide bonds. The van der Waals surface area contributed by atoms with Crippen LogP contribution < -0.4 is 10.5 Å². The van der Waals surface area contributed by atoms with Gasteiger partial charge in [-0.3, -0.25) is 9.69 Å². The third kappa shape index (κ3) is 4.43. The molecule has 3 aromatic rings. The number of likely N-dealkylation sites (N-methyl/N-ethyl adjacent to an activating group) is 1. The SMILES string of the molecule is CC(=O)/C(COc1cnc(-c2nnc3n2CCN(C)C3)cn1)=C(\N)c1ccc(F)cc1. The molecule has 0 aliphatic carbocycles. The highest BCUT2D eigenvalue weighted by Crippen LogP contribution is 2.21. The first-order valence-corrected chi connectivity index (χ1v) is 9.73. The number of rotatable bonds is 6. The average molecular weight is 423 g/mol. The minimum atomic E-state index is -0.381. The van der Waals surface area contributed by atoms with Crippen LogP contribution in [0.2, 0.25) is 0 Å². The fourth-order valence-electron chi connectivity index (χ4n) is 3.29. The van der Waals surface area contributed by atoms with Crippen LogP contribution in [0.15, 0.2) is 42.2 Å². The van der Waals surface area contributed by atoms with Crippen LogP contribution in [0.4, 0.5) is 4.39 Å². The summed E-state index contributed by atoms with van der Waals surface area (Å²) in [5.74, 6) is 1.16. The first kappa shape index (κ1) is 20.6. The van der Waals surface area contributed by atoms with E-state index in [1.807, 2.05) is 11.6 Å². The molecule has 31 heavy (non-hydrogen) atoms. The van der Waals surface area contributed by atoms with Gasteiger partial charge in [0.1, 0.15) is 23.9 Å². The number of nitrogens with two attached hydrogens (primary N) is 1. The zero-order valence-electron chi connectivity index (χ0n) is 17.2. The molecule has 0 radical (unpaired) electrons. The molecule has 0 atom stereocenters. The maximum atomic E-state index is 13.1. The van der Waals surface area contributed by atoms with Crippen LogP contribution in [0.3, 0.4) is 0 Å². The van der Waals surface area contributed by atoms with Crippen molar-refractivity contribution in [3.8, 4) is 17.4 Å². The van der Waals surface area contributed by atoms with Crippen LogP contribution in [0, 0.1) is 5.82 Å². The number of hydrogen-bond acceptors (Lipinski definition) is 8. The Bertz CT molecular complexity index is 1120. The predicted molar refractivity (Wildman–Crippen MR) is 111 cm³/mol.